The van der Waals surface area contributed by atoms with E-state index in [9.17, 15) is 9.59 Å². The third kappa shape index (κ3) is 5.37. The summed E-state index contributed by atoms with van der Waals surface area (Å²) in [5.74, 6) is 0.815. The number of hydrogen-bond acceptors (Lipinski definition) is 4. The smallest absolute Gasteiger partial charge is 0.254 e. The van der Waals surface area contributed by atoms with Crippen LogP contribution in [0.1, 0.15) is 79.8 Å². The van der Waals surface area contributed by atoms with Crippen molar-refractivity contribution in [2.24, 2.45) is 0 Å². The van der Waals surface area contributed by atoms with Crippen LogP contribution in [-0.4, -0.2) is 65.4 Å². The molecule has 176 valence electrons. The second-order valence-electron chi connectivity index (χ2n) is 9.98. The minimum Gasteiger partial charge on any atom is -0.356 e. The number of hydrogen-bond donors (Lipinski definition) is 1. The highest BCUT2D eigenvalue weighted by Crippen LogP contribution is 2.40. The predicted octanol–water partition coefficient (Wildman–Crippen LogP) is 4.10. The molecule has 0 bridgehead atoms. The normalized spacial score (nSPS) is 23.7. The van der Waals surface area contributed by atoms with Gasteiger partial charge in [-0.2, -0.15) is 0 Å². The second kappa shape index (κ2) is 10.2. The van der Waals surface area contributed by atoms with Gasteiger partial charge in [0.1, 0.15) is 0 Å². The van der Waals surface area contributed by atoms with Gasteiger partial charge in [-0.15, -0.1) is 0 Å². The number of piperidine rings is 1. The summed E-state index contributed by atoms with van der Waals surface area (Å²) in [6.07, 6.45) is 9.20. The van der Waals surface area contributed by atoms with Crippen molar-refractivity contribution >= 4 is 22.7 Å². The molecular formula is C27H36N4O2. The summed E-state index contributed by atoms with van der Waals surface area (Å²) >= 11 is 0. The molecule has 1 unspecified atom stereocenters. The van der Waals surface area contributed by atoms with Gasteiger partial charge in [0.05, 0.1) is 11.1 Å². The van der Waals surface area contributed by atoms with E-state index in [2.05, 4.69) is 21.2 Å². The Labute approximate surface area is 196 Å². The molecule has 33 heavy (non-hydrogen) atoms. The van der Waals surface area contributed by atoms with E-state index in [-0.39, 0.29) is 11.8 Å². The molecule has 1 aromatic heterocycles. The van der Waals surface area contributed by atoms with Crippen LogP contribution in [0.5, 0.6) is 0 Å². The number of benzene rings is 1. The standard InChI is InChI=1S/C27H36N4O2/c32-26-18-21-8-3-5-14-30(21)16-7-17-31(15-6-4-13-28-26)27(33)23-19-25(20-11-12-20)29-24-10-2-1-9-22(23)24/h1-2,9-10,19-21H,3-8,11-18H2,(H,28,32). The number of para-hydroxylation sites is 1. The van der Waals surface area contributed by atoms with E-state index in [1.165, 1.54) is 25.7 Å². The van der Waals surface area contributed by atoms with Crippen LogP contribution < -0.4 is 5.32 Å². The minimum absolute atomic E-state index is 0.129. The molecule has 1 aliphatic carbocycles. The molecule has 1 saturated carbocycles. The van der Waals surface area contributed by atoms with Crippen LogP contribution in [0.25, 0.3) is 10.9 Å². The fraction of sp³-hybridized carbons (Fsp3) is 0.593. The first kappa shape index (κ1) is 22.3. The highest BCUT2D eigenvalue weighted by molar-refractivity contribution is 6.06. The summed E-state index contributed by atoms with van der Waals surface area (Å²) in [6, 6.07) is 10.5. The Balaban J connectivity index is 1.37. The molecular weight excluding hydrogens is 412 g/mol. The number of nitrogens with zero attached hydrogens (tertiary/aromatic N) is 3. The topological polar surface area (TPSA) is 65.5 Å². The second-order valence-corrected chi connectivity index (χ2v) is 9.98. The Morgan fingerprint density at radius 3 is 2.61 bits per heavy atom. The fourth-order valence-electron chi connectivity index (χ4n) is 5.44. The highest BCUT2D eigenvalue weighted by Gasteiger charge is 2.29. The van der Waals surface area contributed by atoms with Crippen molar-refractivity contribution in [3.63, 3.8) is 0 Å². The van der Waals surface area contributed by atoms with Crippen LogP contribution in [0.2, 0.25) is 0 Å². The maximum atomic E-state index is 13.8. The van der Waals surface area contributed by atoms with Gasteiger partial charge in [-0.25, -0.2) is 0 Å². The first-order chi connectivity index (χ1) is 16.2. The molecule has 2 aliphatic heterocycles. The van der Waals surface area contributed by atoms with Crippen molar-refractivity contribution in [3.05, 3.63) is 41.6 Å². The van der Waals surface area contributed by atoms with E-state index in [1.807, 2.05) is 24.3 Å². The van der Waals surface area contributed by atoms with Gasteiger partial charge in [-0.1, -0.05) is 24.6 Å². The van der Waals surface area contributed by atoms with Crippen molar-refractivity contribution in [1.29, 1.82) is 0 Å². The Bertz CT molecular complexity index is 1000. The lowest BCUT2D eigenvalue weighted by Crippen LogP contribution is -2.44. The van der Waals surface area contributed by atoms with Crippen molar-refractivity contribution in [2.45, 2.75) is 69.7 Å². The van der Waals surface area contributed by atoms with Crippen LogP contribution >= 0.6 is 0 Å². The summed E-state index contributed by atoms with van der Waals surface area (Å²) in [7, 11) is 0. The molecule has 2 amide bonds. The number of rotatable bonds is 2. The van der Waals surface area contributed by atoms with Gasteiger partial charge >= 0.3 is 0 Å². The van der Waals surface area contributed by atoms with Gasteiger partial charge in [0.25, 0.3) is 5.91 Å². The van der Waals surface area contributed by atoms with Gasteiger partial charge in [-0.05, 0) is 63.6 Å². The summed E-state index contributed by atoms with van der Waals surface area (Å²) in [4.78, 5) is 35.6. The van der Waals surface area contributed by atoms with Gasteiger partial charge in [0.15, 0.2) is 0 Å². The van der Waals surface area contributed by atoms with E-state index >= 15 is 0 Å². The summed E-state index contributed by atoms with van der Waals surface area (Å²) in [6.45, 7) is 4.20. The Hall–Kier alpha value is -2.47. The summed E-state index contributed by atoms with van der Waals surface area (Å²) < 4.78 is 0. The first-order valence-corrected chi connectivity index (χ1v) is 12.9. The van der Waals surface area contributed by atoms with Crippen LogP contribution in [0.4, 0.5) is 0 Å². The summed E-state index contributed by atoms with van der Waals surface area (Å²) in [5.41, 5.74) is 2.80. The molecule has 3 fully saturated rings. The molecule has 0 spiro atoms. The van der Waals surface area contributed by atoms with E-state index in [0.29, 0.717) is 24.9 Å². The van der Waals surface area contributed by atoms with Crippen molar-refractivity contribution in [2.75, 3.05) is 32.7 Å². The molecule has 1 atom stereocenters. The lowest BCUT2D eigenvalue weighted by molar-refractivity contribution is -0.122. The van der Waals surface area contributed by atoms with E-state index in [0.717, 1.165) is 74.0 Å². The number of aromatic nitrogens is 1. The molecule has 0 radical (unpaired) electrons. The fourth-order valence-corrected chi connectivity index (χ4v) is 5.44. The molecule has 1 aromatic carbocycles. The molecule has 2 aromatic rings. The van der Waals surface area contributed by atoms with Crippen LogP contribution in [-0.2, 0) is 4.79 Å². The number of nitrogens with one attached hydrogen (secondary N) is 1. The van der Waals surface area contributed by atoms with Crippen molar-refractivity contribution in [3.8, 4) is 0 Å². The Morgan fingerprint density at radius 2 is 1.73 bits per heavy atom. The molecule has 2 saturated heterocycles. The van der Waals surface area contributed by atoms with Gasteiger partial charge in [0.2, 0.25) is 5.91 Å². The van der Waals surface area contributed by atoms with Crippen molar-refractivity contribution in [1.82, 2.24) is 20.1 Å². The predicted molar refractivity (Wildman–Crippen MR) is 130 cm³/mol. The largest absolute Gasteiger partial charge is 0.356 e. The Kier molecular flexibility index (Phi) is 6.91. The van der Waals surface area contributed by atoms with Gasteiger partial charge in [0, 0.05) is 55.6 Å². The van der Waals surface area contributed by atoms with Gasteiger partial charge in [-0.3, -0.25) is 19.5 Å². The van der Waals surface area contributed by atoms with E-state index in [4.69, 9.17) is 4.98 Å². The third-order valence-electron chi connectivity index (χ3n) is 7.47. The molecule has 6 heteroatoms. The maximum absolute atomic E-state index is 13.8. The number of amides is 2. The number of carbonyl (C=O) groups is 2. The zero-order valence-electron chi connectivity index (χ0n) is 19.6. The number of carbonyl (C=O) groups excluding carboxylic acids is 2. The minimum atomic E-state index is 0.129. The highest BCUT2D eigenvalue weighted by atomic mass is 16.2. The molecule has 3 aliphatic rings. The number of fused-ring (bicyclic) bond motifs is 2. The zero-order chi connectivity index (χ0) is 22.6. The van der Waals surface area contributed by atoms with E-state index < -0.39 is 0 Å². The quantitative estimate of drug-likeness (QED) is 0.751. The Morgan fingerprint density at radius 1 is 0.939 bits per heavy atom. The monoisotopic (exact) mass is 448 g/mol. The SMILES string of the molecule is O=C1CC2CCCCN2CCCN(C(=O)c2cc(C3CC3)nc3ccccc23)CCCCN1. The average molecular weight is 449 g/mol. The average Bonchev–Trinajstić information content (AvgIpc) is 3.67. The molecule has 6 nitrogen and oxygen atoms in total. The van der Waals surface area contributed by atoms with E-state index in [1.54, 1.807) is 0 Å². The lowest BCUT2D eigenvalue weighted by Gasteiger charge is -2.35. The van der Waals surface area contributed by atoms with Crippen LogP contribution in [0.15, 0.2) is 30.3 Å². The molecule has 5 rings (SSSR count). The van der Waals surface area contributed by atoms with Crippen LogP contribution in [0, 0.1) is 0 Å². The van der Waals surface area contributed by atoms with Crippen molar-refractivity contribution < 1.29 is 9.59 Å². The zero-order valence-corrected chi connectivity index (χ0v) is 19.6. The first-order valence-electron chi connectivity index (χ1n) is 12.9. The molecule has 1 N–H and O–H groups in total. The lowest BCUT2D eigenvalue weighted by atomic mass is 9.98. The third-order valence-corrected chi connectivity index (χ3v) is 7.47. The van der Waals surface area contributed by atoms with Gasteiger partial charge < -0.3 is 10.2 Å². The number of pyridine rings is 1. The molecule has 3 heterocycles. The maximum Gasteiger partial charge on any atom is 0.254 e. The van der Waals surface area contributed by atoms with Crippen LogP contribution in [0.3, 0.4) is 0 Å². The summed E-state index contributed by atoms with van der Waals surface area (Å²) in [5, 5.41) is 4.06.